The van der Waals surface area contributed by atoms with E-state index >= 15 is 0 Å². The SMILES string of the molecule is CC(=O)c1cccc2c1OC(F)(F)O2. The minimum atomic E-state index is -3.67. The average molecular weight is 200 g/mol. The van der Waals surface area contributed by atoms with E-state index in [1.165, 1.54) is 25.1 Å². The second-order valence-corrected chi connectivity index (χ2v) is 2.86. The highest BCUT2D eigenvalue weighted by Crippen LogP contribution is 2.43. The number of benzene rings is 1. The van der Waals surface area contributed by atoms with E-state index in [0.29, 0.717) is 0 Å². The van der Waals surface area contributed by atoms with Crippen molar-refractivity contribution in [1.29, 1.82) is 0 Å². The molecule has 0 amide bonds. The van der Waals surface area contributed by atoms with Crippen molar-refractivity contribution < 1.29 is 23.0 Å². The second-order valence-electron chi connectivity index (χ2n) is 2.86. The molecule has 1 heterocycles. The van der Waals surface area contributed by atoms with Crippen LogP contribution in [-0.2, 0) is 0 Å². The third-order valence-corrected chi connectivity index (χ3v) is 1.81. The van der Waals surface area contributed by atoms with Gasteiger partial charge in [-0.25, -0.2) is 0 Å². The second kappa shape index (κ2) is 2.67. The van der Waals surface area contributed by atoms with Crippen LogP contribution in [0.5, 0.6) is 11.5 Å². The summed E-state index contributed by atoms with van der Waals surface area (Å²) in [4.78, 5) is 11.0. The molecular weight excluding hydrogens is 194 g/mol. The molecule has 0 bridgehead atoms. The normalized spacial score (nSPS) is 16.8. The van der Waals surface area contributed by atoms with Crippen molar-refractivity contribution in [1.82, 2.24) is 0 Å². The molecule has 0 radical (unpaired) electrons. The monoisotopic (exact) mass is 200 g/mol. The van der Waals surface area contributed by atoms with E-state index < -0.39 is 6.29 Å². The van der Waals surface area contributed by atoms with Crippen molar-refractivity contribution in [2.75, 3.05) is 0 Å². The van der Waals surface area contributed by atoms with Crippen LogP contribution < -0.4 is 9.47 Å². The van der Waals surface area contributed by atoms with E-state index in [9.17, 15) is 13.6 Å². The van der Waals surface area contributed by atoms with Gasteiger partial charge in [0, 0.05) is 0 Å². The van der Waals surface area contributed by atoms with Crippen LogP contribution in [0.2, 0.25) is 0 Å². The van der Waals surface area contributed by atoms with E-state index in [2.05, 4.69) is 9.47 Å². The standard InChI is InChI=1S/C9H6F2O3/c1-5(12)6-3-2-4-7-8(6)14-9(10,11)13-7/h2-4H,1H3. The smallest absolute Gasteiger partial charge is 0.395 e. The van der Waals surface area contributed by atoms with Crippen LogP contribution in [0.1, 0.15) is 17.3 Å². The van der Waals surface area contributed by atoms with E-state index in [4.69, 9.17) is 0 Å². The molecule has 2 rings (SSSR count). The lowest BCUT2D eigenvalue weighted by Crippen LogP contribution is -2.26. The number of hydrogen-bond donors (Lipinski definition) is 0. The first-order valence-corrected chi connectivity index (χ1v) is 3.89. The van der Waals surface area contributed by atoms with E-state index in [-0.39, 0.29) is 22.8 Å². The van der Waals surface area contributed by atoms with Gasteiger partial charge in [0.15, 0.2) is 17.3 Å². The molecule has 0 fully saturated rings. The quantitative estimate of drug-likeness (QED) is 0.652. The number of carbonyl (C=O) groups is 1. The summed E-state index contributed by atoms with van der Waals surface area (Å²) in [6.45, 7) is 1.27. The zero-order valence-corrected chi connectivity index (χ0v) is 7.21. The van der Waals surface area contributed by atoms with Crippen LogP contribution in [-0.4, -0.2) is 12.1 Å². The first-order chi connectivity index (χ1) is 6.49. The molecule has 1 aliphatic heterocycles. The fourth-order valence-corrected chi connectivity index (χ4v) is 1.25. The number of ketones is 1. The molecule has 74 valence electrons. The van der Waals surface area contributed by atoms with Gasteiger partial charge in [0.05, 0.1) is 5.56 Å². The lowest BCUT2D eigenvalue weighted by atomic mass is 10.1. The van der Waals surface area contributed by atoms with Gasteiger partial charge in [-0.05, 0) is 19.1 Å². The summed E-state index contributed by atoms with van der Waals surface area (Å²) in [5.41, 5.74) is 0.0969. The lowest BCUT2D eigenvalue weighted by Gasteiger charge is -2.05. The molecule has 14 heavy (non-hydrogen) atoms. The van der Waals surface area contributed by atoms with Crippen LogP contribution in [0.3, 0.4) is 0 Å². The Morgan fingerprint density at radius 1 is 1.36 bits per heavy atom. The Kier molecular flexibility index (Phi) is 1.70. The fraction of sp³-hybridized carbons (Fsp3) is 0.222. The highest BCUT2D eigenvalue weighted by Gasteiger charge is 2.44. The van der Waals surface area contributed by atoms with Gasteiger partial charge in [0.1, 0.15) is 0 Å². The lowest BCUT2D eigenvalue weighted by molar-refractivity contribution is -0.286. The third kappa shape index (κ3) is 1.30. The van der Waals surface area contributed by atoms with Gasteiger partial charge in [0.2, 0.25) is 0 Å². The number of halogens is 2. The maximum Gasteiger partial charge on any atom is 0.586 e. The van der Waals surface area contributed by atoms with Crippen molar-refractivity contribution in [2.24, 2.45) is 0 Å². The topological polar surface area (TPSA) is 35.5 Å². The molecule has 0 aliphatic carbocycles. The number of Topliss-reactive ketones (excluding diaryl/α,β-unsaturated/α-hetero) is 1. The molecule has 1 aromatic rings. The van der Waals surface area contributed by atoms with Crippen LogP contribution in [0.25, 0.3) is 0 Å². The molecule has 1 aliphatic rings. The van der Waals surface area contributed by atoms with E-state index in [1.807, 2.05) is 0 Å². The first-order valence-electron chi connectivity index (χ1n) is 3.89. The number of rotatable bonds is 1. The summed E-state index contributed by atoms with van der Waals surface area (Å²) in [7, 11) is 0. The van der Waals surface area contributed by atoms with E-state index in [1.54, 1.807) is 0 Å². The molecule has 0 saturated heterocycles. The number of hydrogen-bond acceptors (Lipinski definition) is 3. The van der Waals surface area contributed by atoms with Gasteiger partial charge >= 0.3 is 6.29 Å². The molecule has 0 spiro atoms. The Bertz CT molecular complexity index is 401. The molecule has 5 heteroatoms. The molecule has 0 aromatic heterocycles. The van der Waals surface area contributed by atoms with Gasteiger partial charge in [-0.2, -0.15) is 0 Å². The number of fused-ring (bicyclic) bond motifs is 1. The summed E-state index contributed by atoms with van der Waals surface area (Å²) in [5.74, 6) is -0.643. The van der Waals surface area contributed by atoms with Gasteiger partial charge in [-0.15, -0.1) is 8.78 Å². The Hall–Kier alpha value is -1.65. The van der Waals surface area contributed by atoms with Crippen molar-refractivity contribution in [2.45, 2.75) is 13.2 Å². The predicted molar refractivity (Wildman–Crippen MR) is 42.6 cm³/mol. The van der Waals surface area contributed by atoms with E-state index in [0.717, 1.165) is 0 Å². The molecule has 1 aromatic carbocycles. The van der Waals surface area contributed by atoms with Gasteiger partial charge in [-0.1, -0.05) is 6.07 Å². The number of para-hydroxylation sites is 1. The molecule has 3 nitrogen and oxygen atoms in total. The Labute approximate surface area is 78.2 Å². The predicted octanol–water partition coefficient (Wildman–Crippen LogP) is 2.21. The van der Waals surface area contributed by atoms with Gasteiger partial charge in [0.25, 0.3) is 0 Å². The van der Waals surface area contributed by atoms with Crippen LogP contribution in [0.15, 0.2) is 18.2 Å². The largest absolute Gasteiger partial charge is 0.586 e. The molecule has 0 unspecified atom stereocenters. The molecule has 0 atom stereocenters. The molecule has 0 N–H and O–H groups in total. The summed E-state index contributed by atoms with van der Waals surface area (Å²) < 4.78 is 33.6. The van der Waals surface area contributed by atoms with Crippen molar-refractivity contribution >= 4 is 5.78 Å². The first kappa shape index (κ1) is 8.93. The molecule has 0 saturated carbocycles. The van der Waals surface area contributed by atoms with Crippen LogP contribution in [0, 0.1) is 0 Å². The van der Waals surface area contributed by atoms with Crippen molar-refractivity contribution in [3.05, 3.63) is 23.8 Å². The van der Waals surface area contributed by atoms with Crippen LogP contribution >= 0.6 is 0 Å². The van der Waals surface area contributed by atoms with Gasteiger partial charge in [-0.3, -0.25) is 4.79 Å². The van der Waals surface area contributed by atoms with Gasteiger partial charge < -0.3 is 9.47 Å². The van der Waals surface area contributed by atoms with Crippen molar-refractivity contribution in [3.63, 3.8) is 0 Å². The fourth-order valence-electron chi connectivity index (χ4n) is 1.25. The summed E-state index contributed by atoms with van der Waals surface area (Å²) in [5, 5.41) is 0. The highest BCUT2D eigenvalue weighted by molar-refractivity contribution is 5.97. The minimum absolute atomic E-state index is 0.0969. The van der Waals surface area contributed by atoms with Crippen molar-refractivity contribution in [3.8, 4) is 11.5 Å². The Morgan fingerprint density at radius 2 is 2.07 bits per heavy atom. The summed E-state index contributed by atoms with van der Waals surface area (Å²) in [6.07, 6.45) is -3.67. The highest BCUT2D eigenvalue weighted by atomic mass is 19.3. The zero-order chi connectivity index (χ0) is 10.3. The number of carbonyl (C=O) groups excluding carboxylic acids is 1. The Morgan fingerprint density at radius 3 is 2.71 bits per heavy atom. The third-order valence-electron chi connectivity index (χ3n) is 1.81. The summed E-state index contributed by atoms with van der Waals surface area (Å²) in [6, 6.07) is 4.19. The maximum absolute atomic E-state index is 12.6. The maximum atomic E-state index is 12.6. The van der Waals surface area contributed by atoms with Crippen LogP contribution in [0.4, 0.5) is 8.78 Å². The number of ether oxygens (including phenoxy) is 2. The number of alkyl halides is 2. The average Bonchev–Trinajstić information content (AvgIpc) is 2.36. The minimum Gasteiger partial charge on any atom is -0.395 e. The Balaban J connectivity index is 2.52. The zero-order valence-electron chi connectivity index (χ0n) is 7.21. The summed E-state index contributed by atoms with van der Waals surface area (Å²) >= 11 is 0. The molecular formula is C9H6F2O3.